The van der Waals surface area contributed by atoms with Gasteiger partial charge in [0.15, 0.2) is 0 Å². The Balaban J connectivity index is 1.40. The van der Waals surface area contributed by atoms with E-state index in [0.717, 1.165) is 35.6 Å². The fraction of sp³-hybridized carbons (Fsp3) is 1.00. The number of rotatable bonds is 3. The van der Waals surface area contributed by atoms with Gasteiger partial charge >= 0.3 is 0 Å². The molecule has 108 valence electrons. The third-order valence-electron chi connectivity index (χ3n) is 6.76. The largest absolute Gasteiger partial charge is 0.330 e. The third kappa shape index (κ3) is 2.35. The van der Waals surface area contributed by atoms with Crippen molar-refractivity contribution in [2.24, 2.45) is 34.8 Å². The average Bonchev–Trinajstić information content (AvgIpc) is 2.37. The second-order valence-corrected chi connectivity index (χ2v) is 8.37. The Bertz CT molecular complexity index is 295. The number of likely N-dealkylation sites (tertiary alicyclic amines) is 1. The van der Waals surface area contributed by atoms with E-state index in [-0.39, 0.29) is 0 Å². The molecule has 0 spiro atoms. The summed E-state index contributed by atoms with van der Waals surface area (Å²) >= 11 is 0. The van der Waals surface area contributed by atoms with Gasteiger partial charge in [0.1, 0.15) is 0 Å². The Morgan fingerprint density at radius 3 is 1.89 bits per heavy atom. The third-order valence-corrected chi connectivity index (χ3v) is 6.76. The number of hydrogen-bond donors (Lipinski definition) is 1. The minimum absolute atomic E-state index is 0.740. The van der Waals surface area contributed by atoms with E-state index in [2.05, 4.69) is 4.90 Å². The van der Waals surface area contributed by atoms with Crippen molar-refractivity contribution < 1.29 is 0 Å². The number of nitrogens with two attached hydrogens (primary N) is 1. The van der Waals surface area contributed by atoms with Crippen molar-refractivity contribution in [3.05, 3.63) is 0 Å². The van der Waals surface area contributed by atoms with E-state index in [1.165, 1.54) is 32.5 Å². The highest BCUT2D eigenvalue weighted by atomic mass is 15.1. The molecular formula is C17H30N2. The summed E-state index contributed by atoms with van der Waals surface area (Å²) in [5.41, 5.74) is 6.56. The van der Waals surface area contributed by atoms with E-state index < -0.39 is 0 Å². The maximum atomic E-state index is 5.82. The van der Waals surface area contributed by atoms with E-state index in [1.807, 2.05) is 0 Å². The fourth-order valence-corrected chi connectivity index (χ4v) is 6.34. The standard InChI is InChI=1S/C17H30N2/c18-11-13-1-3-19(4-2-13)12-17-8-14-5-15(9-17)7-16(6-14)10-17/h13-16H,1-12,18H2. The summed E-state index contributed by atoms with van der Waals surface area (Å²) in [5.74, 6) is 4.13. The van der Waals surface area contributed by atoms with E-state index in [4.69, 9.17) is 5.73 Å². The molecule has 0 unspecified atom stereocenters. The molecule has 4 aliphatic carbocycles. The van der Waals surface area contributed by atoms with Crippen LogP contribution in [0.4, 0.5) is 0 Å². The molecule has 2 N–H and O–H groups in total. The van der Waals surface area contributed by atoms with Crippen LogP contribution in [-0.2, 0) is 0 Å². The van der Waals surface area contributed by atoms with Crippen LogP contribution in [0.2, 0.25) is 0 Å². The molecule has 2 nitrogen and oxygen atoms in total. The maximum absolute atomic E-state index is 5.82. The van der Waals surface area contributed by atoms with Crippen LogP contribution in [0.1, 0.15) is 51.4 Å². The zero-order chi connectivity index (χ0) is 12.9. The van der Waals surface area contributed by atoms with Crippen molar-refractivity contribution >= 4 is 0 Å². The molecule has 0 aromatic rings. The minimum Gasteiger partial charge on any atom is -0.330 e. The predicted molar refractivity (Wildman–Crippen MR) is 78.8 cm³/mol. The first-order valence-electron chi connectivity index (χ1n) is 8.67. The first-order valence-corrected chi connectivity index (χ1v) is 8.67. The highest BCUT2D eigenvalue weighted by Gasteiger charge is 2.51. The Morgan fingerprint density at radius 2 is 1.42 bits per heavy atom. The Morgan fingerprint density at radius 1 is 0.895 bits per heavy atom. The Hall–Kier alpha value is -0.0800. The van der Waals surface area contributed by atoms with Crippen molar-refractivity contribution in [1.29, 1.82) is 0 Å². The van der Waals surface area contributed by atoms with Crippen molar-refractivity contribution in [3.8, 4) is 0 Å². The molecule has 19 heavy (non-hydrogen) atoms. The molecule has 4 bridgehead atoms. The smallest absolute Gasteiger partial charge is 0.00383 e. The second kappa shape index (κ2) is 4.73. The molecule has 5 rings (SSSR count). The summed E-state index contributed by atoms with van der Waals surface area (Å²) in [6.45, 7) is 4.98. The highest BCUT2D eigenvalue weighted by Crippen LogP contribution is 2.60. The zero-order valence-electron chi connectivity index (χ0n) is 12.3. The van der Waals surface area contributed by atoms with Crippen molar-refractivity contribution in [2.45, 2.75) is 51.4 Å². The molecule has 0 atom stereocenters. The summed E-state index contributed by atoms with van der Waals surface area (Å²) < 4.78 is 0. The van der Waals surface area contributed by atoms with Crippen molar-refractivity contribution in [1.82, 2.24) is 4.90 Å². The number of hydrogen-bond acceptors (Lipinski definition) is 2. The first kappa shape index (κ1) is 12.6. The van der Waals surface area contributed by atoms with Gasteiger partial charge in [0.2, 0.25) is 0 Å². The Labute approximate surface area is 118 Å². The van der Waals surface area contributed by atoms with E-state index in [0.29, 0.717) is 0 Å². The molecule has 1 saturated heterocycles. The van der Waals surface area contributed by atoms with Gasteiger partial charge in [-0.2, -0.15) is 0 Å². The number of nitrogens with zero attached hydrogens (tertiary/aromatic N) is 1. The van der Waals surface area contributed by atoms with Gasteiger partial charge in [-0.25, -0.2) is 0 Å². The summed E-state index contributed by atoms with van der Waals surface area (Å²) in [7, 11) is 0. The van der Waals surface area contributed by atoms with Crippen LogP contribution in [0.3, 0.4) is 0 Å². The van der Waals surface area contributed by atoms with Crippen LogP contribution >= 0.6 is 0 Å². The molecule has 1 heterocycles. The second-order valence-electron chi connectivity index (χ2n) is 8.37. The summed E-state index contributed by atoms with van der Waals surface area (Å²) in [4.78, 5) is 2.79. The zero-order valence-corrected chi connectivity index (χ0v) is 12.3. The fourth-order valence-electron chi connectivity index (χ4n) is 6.34. The van der Waals surface area contributed by atoms with E-state index in [9.17, 15) is 0 Å². The van der Waals surface area contributed by atoms with Gasteiger partial charge in [-0.3, -0.25) is 0 Å². The molecule has 5 fully saturated rings. The molecule has 0 radical (unpaired) electrons. The lowest BCUT2D eigenvalue weighted by molar-refractivity contribution is -0.0722. The molecule has 1 aliphatic heterocycles. The average molecular weight is 262 g/mol. The van der Waals surface area contributed by atoms with Gasteiger partial charge in [0, 0.05) is 6.54 Å². The summed E-state index contributed by atoms with van der Waals surface area (Å²) in [6, 6.07) is 0. The van der Waals surface area contributed by atoms with E-state index in [1.54, 1.807) is 38.5 Å². The molecule has 0 aromatic heterocycles. The molecule has 0 amide bonds. The topological polar surface area (TPSA) is 29.3 Å². The molecular weight excluding hydrogens is 232 g/mol. The molecule has 4 saturated carbocycles. The number of piperidine rings is 1. The van der Waals surface area contributed by atoms with Gasteiger partial charge in [-0.05, 0) is 100 Å². The highest BCUT2D eigenvalue weighted by molar-refractivity contribution is 5.02. The summed E-state index contributed by atoms with van der Waals surface area (Å²) in [6.07, 6.45) is 12.1. The predicted octanol–water partition coefficient (Wildman–Crippen LogP) is 2.87. The van der Waals surface area contributed by atoms with Crippen LogP contribution in [0, 0.1) is 29.1 Å². The van der Waals surface area contributed by atoms with Crippen LogP contribution in [0.25, 0.3) is 0 Å². The normalized spacial score (nSPS) is 46.9. The molecule has 2 heteroatoms. The van der Waals surface area contributed by atoms with Crippen molar-refractivity contribution in [2.75, 3.05) is 26.2 Å². The van der Waals surface area contributed by atoms with Crippen LogP contribution in [-0.4, -0.2) is 31.1 Å². The first-order chi connectivity index (χ1) is 9.25. The van der Waals surface area contributed by atoms with Gasteiger partial charge in [-0.15, -0.1) is 0 Å². The van der Waals surface area contributed by atoms with Crippen LogP contribution < -0.4 is 5.73 Å². The van der Waals surface area contributed by atoms with Crippen molar-refractivity contribution in [3.63, 3.8) is 0 Å². The van der Waals surface area contributed by atoms with Gasteiger partial charge < -0.3 is 10.6 Å². The lowest BCUT2D eigenvalue weighted by atomic mass is 9.49. The van der Waals surface area contributed by atoms with Gasteiger partial charge in [0.05, 0.1) is 0 Å². The van der Waals surface area contributed by atoms with Gasteiger partial charge in [-0.1, -0.05) is 0 Å². The SMILES string of the molecule is NCC1CCN(CC23CC4CC(CC(C4)C2)C3)CC1. The van der Waals surface area contributed by atoms with Crippen LogP contribution in [0.15, 0.2) is 0 Å². The minimum atomic E-state index is 0.740. The monoisotopic (exact) mass is 262 g/mol. The molecule has 0 aromatic carbocycles. The van der Waals surface area contributed by atoms with E-state index >= 15 is 0 Å². The maximum Gasteiger partial charge on any atom is 0.00383 e. The lowest BCUT2D eigenvalue weighted by Gasteiger charge is -2.58. The Kier molecular flexibility index (Phi) is 3.15. The quantitative estimate of drug-likeness (QED) is 0.847. The summed E-state index contributed by atoms with van der Waals surface area (Å²) in [5, 5.41) is 0. The molecule has 5 aliphatic rings. The lowest BCUT2D eigenvalue weighted by Crippen LogP contribution is -2.52. The van der Waals surface area contributed by atoms with Crippen LogP contribution in [0.5, 0.6) is 0 Å². The van der Waals surface area contributed by atoms with Gasteiger partial charge in [0.25, 0.3) is 0 Å².